The largest absolute Gasteiger partial charge is 0.298 e. The van der Waals surface area contributed by atoms with E-state index in [0.29, 0.717) is 0 Å². The first-order valence-corrected chi connectivity index (χ1v) is 4.81. The Morgan fingerprint density at radius 2 is 1.92 bits per heavy atom. The van der Waals surface area contributed by atoms with Gasteiger partial charge in [0.2, 0.25) is 0 Å². The SMILES string of the molecule is CCc1ccc(C=O)c(CC)c1C. The highest BCUT2D eigenvalue weighted by Gasteiger charge is 2.05. The lowest BCUT2D eigenvalue weighted by molar-refractivity contribution is 0.112. The summed E-state index contributed by atoms with van der Waals surface area (Å²) in [6, 6.07) is 3.98. The van der Waals surface area contributed by atoms with E-state index in [2.05, 4.69) is 26.8 Å². The summed E-state index contributed by atoms with van der Waals surface area (Å²) in [6.45, 7) is 6.34. The van der Waals surface area contributed by atoms with Crippen LogP contribution in [0.3, 0.4) is 0 Å². The lowest BCUT2D eigenvalue weighted by atomic mass is 9.95. The van der Waals surface area contributed by atoms with Gasteiger partial charge < -0.3 is 0 Å². The van der Waals surface area contributed by atoms with Crippen molar-refractivity contribution in [3.05, 3.63) is 34.4 Å². The van der Waals surface area contributed by atoms with Crippen LogP contribution in [0.4, 0.5) is 0 Å². The number of hydrogen-bond acceptors (Lipinski definition) is 1. The van der Waals surface area contributed by atoms with E-state index < -0.39 is 0 Å². The summed E-state index contributed by atoms with van der Waals surface area (Å²) in [4.78, 5) is 10.7. The zero-order chi connectivity index (χ0) is 9.84. The van der Waals surface area contributed by atoms with Crippen molar-refractivity contribution in [3.8, 4) is 0 Å². The molecule has 13 heavy (non-hydrogen) atoms. The molecule has 0 saturated heterocycles. The molecule has 1 nitrogen and oxygen atoms in total. The Kier molecular flexibility index (Phi) is 3.24. The Hall–Kier alpha value is -1.11. The summed E-state index contributed by atoms with van der Waals surface area (Å²) in [6.07, 6.45) is 2.93. The number of benzene rings is 1. The van der Waals surface area contributed by atoms with Gasteiger partial charge in [0.1, 0.15) is 6.29 Å². The highest BCUT2D eigenvalue weighted by atomic mass is 16.1. The summed E-state index contributed by atoms with van der Waals surface area (Å²) in [5.41, 5.74) is 4.68. The molecular formula is C12H16O. The molecule has 0 unspecified atom stereocenters. The Balaban J connectivity index is 3.31. The van der Waals surface area contributed by atoms with Crippen molar-refractivity contribution in [1.82, 2.24) is 0 Å². The summed E-state index contributed by atoms with van der Waals surface area (Å²) in [5.74, 6) is 0. The third kappa shape index (κ3) is 1.80. The average molecular weight is 176 g/mol. The van der Waals surface area contributed by atoms with Gasteiger partial charge in [0.15, 0.2) is 0 Å². The first kappa shape index (κ1) is 9.97. The summed E-state index contributed by atoms with van der Waals surface area (Å²) in [5, 5.41) is 0. The molecule has 0 fully saturated rings. The molecule has 0 N–H and O–H groups in total. The van der Waals surface area contributed by atoms with Crippen LogP contribution in [0.2, 0.25) is 0 Å². The standard InChI is InChI=1S/C12H16O/c1-4-10-6-7-11(8-13)12(5-2)9(10)3/h6-8H,4-5H2,1-3H3. The van der Waals surface area contributed by atoms with Crippen LogP contribution in [0.25, 0.3) is 0 Å². The molecule has 0 heterocycles. The second-order valence-corrected chi connectivity index (χ2v) is 3.24. The van der Waals surface area contributed by atoms with Gasteiger partial charge in [0.05, 0.1) is 0 Å². The second-order valence-electron chi connectivity index (χ2n) is 3.24. The van der Waals surface area contributed by atoms with E-state index in [-0.39, 0.29) is 0 Å². The molecule has 0 aliphatic carbocycles. The van der Waals surface area contributed by atoms with Crippen LogP contribution in [-0.4, -0.2) is 6.29 Å². The van der Waals surface area contributed by atoms with Gasteiger partial charge in [0, 0.05) is 5.56 Å². The van der Waals surface area contributed by atoms with Crippen LogP contribution in [-0.2, 0) is 12.8 Å². The number of carbonyl (C=O) groups excluding carboxylic acids is 1. The molecule has 1 heteroatoms. The monoisotopic (exact) mass is 176 g/mol. The van der Waals surface area contributed by atoms with Gasteiger partial charge in [-0.25, -0.2) is 0 Å². The highest BCUT2D eigenvalue weighted by molar-refractivity contribution is 5.78. The van der Waals surface area contributed by atoms with Crippen LogP contribution < -0.4 is 0 Å². The maximum Gasteiger partial charge on any atom is 0.150 e. The number of hydrogen-bond donors (Lipinski definition) is 0. The van der Waals surface area contributed by atoms with Crippen molar-refractivity contribution in [2.45, 2.75) is 33.6 Å². The van der Waals surface area contributed by atoms with Crippen molar-refractivity contribution in [2.24, 2.45) is 0 Å². The van der Waals surface area contributed by atoms with E-state index in [4.69, 9.17) is 0 Å². The quantitative estimate of drug-likeness (QED) is 0.647. The van der Waals surface area contributed by atoms with Crippen LogP contribution >= 0.6 is 0 Å². The minimum Gasteiger partial charge on any atom is -0.298 e. The van der Waals surface area contributed by atoms with Crippen LogP contribution in [0.5, 0.6) is 0 Å². The fourth-order valence-electron chi connectivity index (χ4n) is 1.79. The molecule has 0 aromatic heterocycles. The maximum atomic E-state index is 10.7. The average Bonchev–Trinajstić information content (AvgIpc) is 2.17. The lowest BCUT2D eigenvalue weighted by Crippen LogP contribution is -1.98. The predicted molar refractivity (Wildman–Crippen MR) is 55.3 cm³/mol. The van der Waals surface area contributed by atoms with E-state index >= 15 is 0 Å². The molecule has 0 aliphatic rings. The van der Waals surface area contributed by atoms with Crippen LogP contribution in [0, 0.1) is 6.92 Å². The minimum absolute atomic E-state index is 0.845. The summed E-state index contributed by atoms with van der Waals surface area (Å²) >= 11 is 0. The van der Waals surface area contributed by atoms with Crippen LogP contribution in [0.1, 0.15) is 40.9 Å². The van der Waals surface area contributed by atoms with Crippen LogP contribution in [0.15, 0.2) is 12.1 Å². The van der Waals surface area contributed by atoms with E-state index in [9.17, 15) is 4.79 Å². The molecule has 1 aromatic rings. The molecule has 0 radical (unpaired) electrons. The molecule has 0 atom stereocenters. The fourth-order valence-corrected chi connectivity index (χ4v) is 1.79. The highest BCUT2D eigenvalue weighted by Crippen LogP contribution is 2.18. The van der Waals surface area contributed by atoms with Gasteiger partial charge in [-0.1, -0.05) is 26.0 Å². The normalized spacial score (nSPS) is 10.1. The van der Waals surface area contributed by atoms with Gasteiger partial charge in [-0.05, 0) is 36.5 Å². The Morgan fingerprint density at radius 3 is 2.38 bits per heavy atom. The van der Waals surface area contributed by atoms with Gasteiger partial charge >= 0.3 is 0 Å². The number of aldehydes is 1. The molecule has 0 saturated carbocycles. The minimum atomic E-state index is 0.845. The molecule has 0 bridgehead atoms. The molecule has 0 spiro atoms. The summed E-state index contributed by atoms with van der Waals surface area (Å²) < 4.78 is 0. The van der Waals surface area contributed by atoms with Crippen molar-refractivity contribution >= 4 is 6.29 Å². The number of aryl methyl sites for hydroxylation is 1. The van der Waals surface area contributed by atoms with E-state index in [1.54, 1.807) is 0 Å². The van der Waals surface area contributed by atoms with E-state index in [0.717, 1.165) is 24.7 Å². The molecule has 1 rings (SSSR count). The zero-order valence-corrected chi connectivity index (χ0v) is 8.55. The third-order valence-corrected chi connectivity index (χ3v) is 2.61. The maximum absolute atomic E-state index is 10.7. The number of carbonyl (C=O) groups is 1. The first-order valence-electron chi connectivity index (χ1n) is 4.81. The van der Waals surface area contributed by atoms with E-state index in [1.807, 2.05) is 6.07 Å². The van der Waals surface area contributed by atoms with Gasteiger partial charge in [-0.15, -0.1) is 0 Å². The molecule has 0 amide bonds. The molecule has 70 valence electrons. The first-order chi connectivity index (χ1) is 6.24. The fraction of sp³-hybridized carbons (Fsp3) is 0.417. The van der Waals surface area contributed by atoms with Gasteiger partial charge in [-0.3, -0.25) is 4.79 Å². The molecular weight excluding hydrogens is 160 g/mol. The summed E-state index contributed by atoms with van der Waals surface area (Å²) in [7, 11) is 0. The topological polar surface area (TPSA) is 17.1 Å². The van der Waals surface area contributed by atoms with Gasteiger partial charge in [0.25, 0.3) is 0 Å². The molecule has 0 aliphatic heterocycles. The Labute approximate surface area is 79.8 Å². The predicted octanol–water partition coefficient (Wildman–Crippen LogP) is 2.93. The van der Waals surface area contributed by atoms with Crippen molar-refractivity contribution < 1.29 is 4.79 Å². The Morgan fingerprint density at radius 1 is 1.23 bits per heavy atom. The number of rotatable bonds is 3. The molecule has 1 aromatic carbocycles. The van der Waals surface area contributed by atoms with Crippen molar-refractivity contribution in [1.29, 1.82) is 0 Å². The zero-order valence-electron chi connectivity index (χ0n) is 8.55. The van der Waals surface area contributed by atoms with Crippen molar-refractivity contribution in [3.63, 3.8) is 0 Å². The smallest absolute Gasteiger partial charge is 0.150 e. The Bertz CT molecular complexity index is 313. The third-order valence-electron chi connectivity index (χ3n) is 2.61. The van der Waals surface area contributed by atoms with E-state index in [1.165, 1.54) is 16.7 Å². The van der Waals surface area contributed by atoms with Crippen molar-refractivity contribution in [2.75, 3.05) is 0 Å². The lowest BCUT2D eigenvalue weighted by Gasteiger charge is -2.10. The second kappa shape index (κ2) is 4.22. The van der Waals surface area contributed by atoms with Gasteiger partial charge in [-0.2, -0.15) is 0 Å².